The van der Waals surface area contributed by atoms with Crippen molar-refractivity contribution < 1.29 is 4.74 Å². The van der Waals surface area contributed by atoms with Gasteiger partial charge in [0.2, 0.25) is 0 Å². The van der Waals surface area contributed by atoms with E-state index in [0.29, 0.717) is 22.7 Å². The monoisotopic (exact) mass is 288 g/mol. The first-order valence-corrected chi connectivity index (χ1v) is 5.71. The lowest BCUT2D eigenvalue weighted by Gasteiger charge is -2.07. The predicted molar refractivity (Wildman–Crippen MR) is 69.8 cm³/mol. The fourth-order valence-electron chi connectivity index (χ4n) is 1.38. The Hall–Kier alpha value is -1.99. The molecule has 84 valence electrons. The Bertz CT molecular complexity index is 553. The summed E-state index contributed by atoms with van der Waals surface area (Å²) in [7, 11) is 0. The number of nitrogens with zero attached hydrogens (tertiary/aromatic N) is 1. The second-order valence-corrected chi connectivity index (χ2v) is 4.37. The fourth-order valence-corrected chi connectivity index (χ4v) is 1.87. The zero-order chi connectivity index (χ0) is 12.3. The van der Waals surface area contributed by atoms with Crippen LogP contribution in [0.4, 0.5) is 5.69 Å². The van der Waals surface area contributed by atoms with Gasteiger partial charge in [-0.2, -0.15) is 5.26 Å². The van der Waals surface area contributed by atoms with E-state index in [2.05, 4.69) is 22.0 Å². The van der Waals surface area contributed by atoms with Crippen LogP contribution < -0.4 is 10.5 Å². The molecule has 0 aliphatic rings. The van der Waals surface area contributed by atoms with E-state index in [0.717, 1.165) is 4.47 Å². The van der Waals surface area contributed by atoms with Crippen LogP contribution in [0.3, 0.4) is 0 Å². The van der Waals surface area contributed by atoms with Crippen molar-refractivity contribution in [2.24, 2.45) is 0 Å². The van der Waals surface area contributed by atoms with E-state index in [1.165, 1.54) is 0 Å². The van der Waals surface area contributed by atoms with Gasteiger partial charge in [0.15, 0.2) is 0 Å². The first-order valence-electron chi connectivity index (χ1n) is 4.91. The minimum Gasteiger partial charge on any atom is -0.457 e. The zero-order valence-electron chi connectivity index (χ0n) is 8.85. The quantitative estimate of drug-likeness (QED) is 0.858. The van der Waals surface area contributed by atoms with E-state index in [9.17, 15) is 0 Å². The van der Waals surface area contributed by atoms with Gasteiger partial charge in [-0.15, -0.1) is 0 Å². The van der Waals surface area contributed by atoms with Crippen LogP contribution in [0.1, 0.15) is 5.56 Å². The van der Waals surface area contributed by atoms with Crippen LogP contribution in [0.2, 0.25) is 0 Å². The molecule has 0 amide bonds. The smallest absolute Gasteiger partial charge is 0.130 e. The Balaban J connectivity index is 2.22. The second kappa shape index (κ2) is 4.89. The summed E-state index contributed by atoms with van der Waals surface area (Å²) in [6.07, 6.45) is 0. The molecule has 2 aromatic rings. The summed E-state index contributed by atoms with van der Waals surface area (Å²) in [4.78, 5) is 0. The summed E-state index contributed by atoms with van der Waals surface area (Å²) < 4.78 is 6.48. The first kappa shape index (κ1) is 11.5. The van der Waals surface area contributed by atoms with Crippen LogP contribution in [0.25, 0.3) is 0 Å². The summed E-state index contributed by atoms with van der Waals surface area (Å²) in [6.45, 7) is 0. The number of nitriles is 1. The molecule has 0 aromatic heterocycles. The van der Waals surface area contributed by atoms with Crippen LogP contribution in [0.5, 0.6) is 11.5 Å². The third-order valence-corrected chi connectivity index (χ3v) is 2.57. The maximum absolute atomic E-state index is 8.68. The number of benzene rings is 2. The zero-order valence-corrected chi connectivity index (χ0v) is 10.4. The topological polar surface area (TPSA) is 59.0 Å². The molecule has 4 heteroatoms. The molecule has 0 fully saturated rings. The van der Waals surface area contributed by atoms with Gasteiger partial charge >= 0.3 is 0 Å². The van der Waals surface area contributed by atoms with Crippen molar-refractivity contribution in [3.8, 4) is 17.6 Å². The van der Waals surface area contributed by atoms with Crippen LogP contribution in [-0.2, 0) is 0 Å². The van der Waals surface area contributed by atoms with Crippen LogP contribution >= 0.6 is 15.9 Å². The molecule has 0 saturated carbocycles. The van der Waals surface area contributed by atoms with Gasteiger partial charge in [-0.25, -0.2) is 0 Å². The van der Waals surface area contributed by atoms with Crippen LogP contribution in [0.15, 0.2) is 46.9 Å². The van der Waals surface area contributed by atoms with E-state index < -0.39 is 0 Å². The molecule has 0 atom stereocenters. The predicted octanol–water partition coefficient (Wildman–Crippen LogP) is 3.70. The number of hydrogen-bond donors (Lipinski definition) is 1. The summed E-state index contributed by atoms with van der Waals surface area (Å²) in [5, 5.41) is 8.68. The number of ether oxygens (including phenoxy) is 1. The fraction of sp³-hybridized carbons (Fsp3) is 0. The summed E-state index contributed by atoms with van der Waals surface area (Å²) in [5.74, 6) is 1.32. The molecule has 17 heavy (non-hydrogen) atoms. The lowest BCUT2D eigenvalue weighted by molar-refractivity contribution is 0.482. The lowest BCUT2D eigenvalue weighted by Crippen LogP contribution is -1.88. The molecule has 0 aliphatic carbocycles. The van der Waals surface area contributed by atoms with E-state index in [-0.39, 0.29) is 0 Å². The van der Waals surface area contributed by atoms with Crippen molar-refractivity contribution in [2.45, 2.75) is 0 Å². The van der Waals surface area contributed by atoms with Crippen molar-refractivity contribution in [3.63, 3.8) is 0 Å². The number of anilines is 1. The van der Waals surface area contributed by atoms with Gasteiger partial charge in [-0.3, -0.25) is 0 Å². The molecular weight excluding hydrogens is 280 g/mol. The Labute approximate surface area is 108 Å². The molecular formula is C13H9BrN2O. The minimum atomic E-state index is 0.603. The van der Waals surface area contributed by atoms with E-state index in [1.807, 2.05) is 6.07 Å². The molecule has 2 rings (SSSR count). The highest BCUT2D eigenvalue weighted by Gasteiger charge is 2.00. The Morgan fingerprint density at radius 3 is 2.35 bits per heavy atom. The number of nitrogen functional groups attached to an aromatic ring is 1. The summed E-state index contributed by atoms with van der Waals surface area (Å²) in [6, 6.07) is 14.3. The molecule has 0 unspecified atom stereocenters. The molecule has 3 nitrogen and oxygen atoms in total. The molecule has 2 N–H and O–H groups in total. The van der Waals surface area contributed by atoms with Crippen molar-refractivity contribution >= 4 is 21.6 Å². The normalized spacial score (nSPS) is 9.65. The Kier molecular flexibility index (Phi) is 3.31. The van der Waals surface area contributed by atoms with E-state index >= 15 is 0 Å². The van der Waals surface area contributed by atoms with Gasteiger partial charge in [-0.05, 0) is 36.4 Å². The van der Waals surface area contributed by atoms with Gasteiger partial charge in [-0.1, -0.05) is 15.9 Å². The maximum atomic E-state index is 8.68. The van der Waals surface area contributed by atoms with Crippen molar-refractivity contribution in [1.82, 2.24) is 0 Å². The second-order valence-electron chi connectivity index (χ2n) is 3.46. The SMILES string of the molecule is N#Cc1ccc(Oc2cc(N)cc(Br)c2)cc1. The van der Waals surface area contributed by atoms with Crippen LogP contribution in [0, 0.1) is 11.3 Å². The van der Waals surface area contributed by atoms with Crippen LogP contribution in [-0.4, -0.2) is 0 Å². The number of hydrogen-bond acceptors (Lipinski definition) is 3. The van der Waals surface area contributed by atoms with Crippen molar-refractivity contribution in [3.05, 3.63) is 52.5 Å². The molecule has 0 spiro atoms. The van der Waals surface area contributed by atoms with E-state index in [1.54, 1.807) is 36.4 Å². The van der Waals surface area contributed by atoms with Gasteiger partial charge in [0.25, 0.3) is 0 Å². The maximum Gasteiger partial charge on any atom is 0.130 e. The highest BCUT2D eigenvalue weighted by molar-refractivity contribution is 9.10. The molecule has 0 radical (unpaired) electrons. The van der Waals surface area contributed by atoms with Gasteiger partial charge in [0.1, 0.15) is 11.5 Å². The molecule has 0 heterocycles. The largest absolute Gasteiger partial charge is 0.457 e. The Morgan fingerprint density at radius 2 is 1.76 bits per heavy atom. The number of rotatable bonds is 2. The third-order valence-electron chi connectivity index (χ3n) is 2.11. The molecule has 0 aliphatic heterocycles. The third kappa shape index (κ3) is 2.99. The highest BCUT2D eigenvalue weighted by Crippen LogP contribution is 2.27. The standard InChI is InChI=1S/C13H9BrN2O/c14-10-5-11(16)7-13(6-10)17-12-3-1-9(8-15)2-4-12/h1-7H,16H2. The summed E-state index contributed by atoms with van der Waals surface area (Å²) in [5.41, 5.74) is 6.94. The average Bonchev–Trinajstić information content (AvgIpc) is 2.28. The van der Waals surface area contributed by atoms with Gasteiger partial charge < -0.3 is 10.5 Å². The van der Waals surface area contributed by atoms with E-state index in [4.69, 9.17) is 15.7 Å². The van der Waals surface area contributed by atoms with Gasteiger partial charge in [0, 0.05) is 16.2 Å². The minimum absolute atomic E-state index is 0.603. The Morgan fingerprint density at radius 1 is 1.06 bits per heavy atom. The highest BCUT2D eigenvalue weighted by atomic mass is 79.9. The first-order chi connectivity index (χ1) is 8.17. The number of nitrogens with two attached hydrogens (primary N) is 1. The number of halogens is 1. The van der Waals surface area contributed by atoms with Gasteiger partial charge in [0.05, 0.1) is 11.6 Å². The summed E-state index contributed by atoms with van der Waals surface area (Å²) >= 11 is 3.35. The van der Waals surface area contributed by atoms with Crippen molar-refractivity contribution in [1.29, 1.82) is 5.26 Å². The molecule has 0 bridgehead atoms. The van der Waals surface area contributed by atoms with Crippen molar-refractivity contribution in [2.75, 3.05) is 5.73 Å². The molecule has 0 saturated heterocycles. The average molecular weight is 289 g/mol. The molecule has 2 aromatic carbocycles. The lowest BCUT2D eigenvalue weighted by atomic mass is 10.2.